The zero-order valence-corrected chi connectivity index (χ0v) is 64.3. The molecule has 0 unspecified atom stereocenters. The Morgan fingerprint density at radius 1 is 0.299 bits per heavy atom. The third-order valence-corrected chi connectivity index (χ3v) is 22.0. The molecule has 4 nitrogen and oxygen atoms in total. The van der Waals surface area contributed by atoms with Gasteiger partial charge >= 0.3 is 0 Å². The van der Waals surface area contributed by atoms with Crippen LogP contribution in [-0.4, -0.2) is 0 Å². The smallest absolute Gasteiger partial charge is 0.200 e. The van der Waals surface area contributed by atoms with Crippen LogP contribution in [0.5, 0.6) is 0 Å². The number of aromatic nitrogens is 4. The molecule has 13 aromatic rings. The van der Waals surface area contributed by atoms with Crippen molar-refractivity contribution < 1.29 is 32.0 Å². The number of pyridine rings is 4. The summed E-state index contributed by atoms with van der Waals surface area (Å²) in [4.78, 5) is 0. The third-order valence-electron chi connectivity index (χ3n) is 22.0. The van der Waals surface area contributed by atoms with Crippen LogP contribution in [0.1, 0.15) is 171 Å². The van der Waals surface area contributed by atoms with E-state index in [9.17, 15) is 1.37 Å². The van der Waals surface area contributed by atoms with Crippen molar-refractivity contribution in [3.63, 3.8) is 0 Å². The molecule has 4 heteroatoms. The molecule has 3 aliphatic carbocycles. The first kappa shape index (κ1) is 62.7. The van der Waals surface area contributed by atoms with E-state index in [1.165, 1.54) is 91.0 Å². The summed E-state index contributed by atoms with van der Waals surface area (Å²) in [6, 6.07) is 86.5. The lowest BCUT2D eigenvalue weighted by atomic mass is 9.80. The Labute approximate surface area is 654 Å². The number of hydrogen-bond donors (Lipinski definition) is 0. The van der Waals surface area contributed by atoms with Gasteiger partial charge in [0.15, 0.2) is 24.8 Å². The lowest BCUT2D eigenvalue weighted by Gasteiger charge is -2.24. The van der Waals surface area contributed by atoms with Crippen molar-refractivity contribution in [1.82, 2.24) is 0 Å². The van der Waals surface area contributed by atoms with Gasteiger partial charge in [-0.2, -0.15) is 0 Å². The van der Waals surface area contributed by atoms with E-state index in [2.05, 4.69) is 232 Å². The van der Waals surface area contributed by atoms with Crippen LogP contribution in [0.2, 0.25) is 0 Å². The average molecular weight is 1420 g/mol. The van der Waals surface area contributed by atoms with Crippen LogP contribution in [0, 0.1) is 54.2 Å². The summed E-state index contributed by atoms with van der Waals surface area (Å²) in [7, 11) is 8.25. The highest BCUT2D eigenvalue weighted by Crippen LogP contribution is 2.43. The summed E-state index contributed by atoms with van der Waals surface area (Å²) >= 11 is 0. The van der Waals surface area contributed by atoms with Gasteiger partial charge in [0, 0.05) is 60.2 Å². The number of hydrogen-bond acceptors (Lipinski definition) is 0. The maximum atomic E-state index is 9.19. The fourth-order valence-corrected chi connectivity index (χ4v) is 16.5. The molecule has 540 valence electrons. The molecule has 3 saturated carbocycles. The summed E-state index contributed by atoms with van der Waals surface area (Å²) in [5.41, 5.74) is 27.5. The number of aryl methyl sites for hydroxylation is 11. The van der Waals surface area contributed by atoms with E-state index in [0.29, 0.717) is 11.1 Å². The van der Waals surface area contributed by atoms with E-state index in [4.69, 9.17) is 12.3 Å². The molecule has 0 radical (unpaired) electrons. The lowest BCUT2D eigenvalue weighted by molar-refractivity contribution is -0.660. The van der Waals surface area contributed by atoms with Gasteiger partial charge in [-0.3, -0.25) is 0 Å². The minimum absolute atomic E-state index is 0.0547. The van der Waals surface area contributed by atoms with Crippen molar-refractivity contribution in [2.24, 2.45) is 34.1 Å². The average Bonchev–Trinajstić information content (AvgIpc) is 1.14. The van der Waals surface area contributed by atoms with Gasteiger partial charge in [0.05, 0.1) is 22.3 Å². The van der Waals surface area contributed by atoms with E-state index in [-0.39, 0.29) is 22.6 Å². The molecule has 9 aromatic carbocycles. The van der Waals surface area contributed by atoms with Crippen molar-refractivity contribution in [2.75, 3.05) is 0 Å². The number of benzene rings is 9. The topological polar surface area (TPSA) is 15.5 Å². The van der Waals surface area contributed by atoms with Crippen molar-refractivity contribution >= 4 is 0 Å². The van der Waals surface area contributed by atoms with Gasteiger partial charge in [-0.1, -0.05) is 276 Å². The molecule has 107 heavy (non-hydrogen) atoms. The van der Waals surface area contributed by atoms with Gasteiger partial charge in [-0.25, -0.2) is 18.3 Å². The van der Waals surface area contributed by atoms with E-state index in [0.717, 1.165) is 127 Å². The molecule has 4 aromatic heterocycles. The van der Waals surface area contributed by atoms with Crippen molar-refractivity contribution in [3.05, 3.63) is 335 Å². The fraction of sp³-hybridized carbons (Fsp3) is 0.282. The summed E-state index contributed by atoms with van der Waals surface area (Å²) < 4.78 is 94.1. The maximum absolute atomic E-state index is 9.19. The van der Waals surface area contributed by atoms with Crippen LogP contribution in [0.25, 0.3) is 101 Å². The second-order valence-electron chi connectivity index (χ2n) is 29.8. The largest absolute Gasteiger partial charge is 0.213 e. The molecule has 0 saturated heterocycles. The standard InChI is InChI=1S/C28H28N.C26H30N.C25H28N.C24H26N/c1-19-16-21(3)27(22(4)17-19)25-13-9-10-20(2)28(25)26-15-14-24(18-29(26)5)23-11-7-6-8-12-23;1-20-10-9-15-23(18-21-11-5-3-6-12-21)26(20)25-17-16-24(19-27(25)2)22-13-7-4-8-14-22;1-19-10-9-15-23(21-13-7-4-8-14-21)25(19)24-17-16-22(18-26(24)2)20-11-5-3-6-12-20;1-18-9-8-14-22(20-12-6-7-13-20)24(18)23-16-15-21(17-25(23)2)19-10-4-3-5-11-19/h6-18H,1-5H3;4,7-10,13-17,19,21H,3,5-6,11-12,18H2,1-2H3;3,5-6,9-12,15-18,21H,4,7-8,13-14H2,1-2H3;3-5,8-11,14-17,20H,6-7,12-13H2,1-2H3/q4*+1/i3D3,4D3;18D2;21D;20D. The van der Waals surface area contributed by atoms with Crippen LogP contribution in [0.15, 0.2) is 280 Å². The first-order chi connectivity index (χ1) is 56.0. The monoisotopic (exact) mass is 1410 g/mol. The second kappa shape index (κ2) is 35.3. The predicted molar refractivity (Wildman–Crippen MR) is 450 cm³/mol. The summed E-state index contributed by atoms with van der Waals surface area (Å²) in [6.45, 7) is 5.19. The summed E-state index contributed by atoms with van der Waals surface area (Å²) in [5, 5.41) is 0. The fourth-order valence-electron chi connectivity index (χ4n) is 16.5. The SMILES string of the molecule is [2H]C([2H])([2H])c1cc(C)cc(C([2H])([2H])[2H])c1-c1cccc(C)c1-c1ccc(-c2ccccc2)c[n+]1C.[2H]C([2H])(c1cccc(C)c1-c1ccc(-c2ccccc2)c[n+]1C)C1CCCCC1.[2H]C1(c2cccc(C)c2-c2ccc(-c3ccccc3)c[n+]2C)CCCC1.[2H]C1(c2cccc(C)c2-c2ccc(-c3ccccc3)c[n+]2C)CCCCC1. The normalized spacial score (nSPS) is 16.2. The Morgan fingerprint density at radius 2 is 0.617 bits per heavy atom. The zero-order chi connectivity index (χ0) is 83.0. The van der Waals surface area contributed by atoms with Crippen LogP contribution in [-0.2, 0) is 34.6 Å². The van der Waals surface area contributed by atoms with Gasteiger partial charge in [0.1, 0.15) is 28.2 Å². The molecule has 0 aliphatic heterocycles. The van der Waals surface area contributed by atoms with Crippen molar-refractivity contribution in [2.45, 2.75) is 156 Å². The molecule has 0 bridgehead atoms. The molecule has 4 heterocycles. The predicted octanol–water partition coefficient (Wildman–Crippen LogP) is 25.0. The van der Waals surface area contributed by atoms with Gasteiger partial charge in [0.2, 0.25) is 22.8 Å². The summed E-state index contributed by atoms with van der Waals surface area (Å²) in [6.07, 6.45) is 22.6. The molecular formula is C103H112N4+4. The molecule has 0 N–H and O–H groups in total. The van der Waals surface area contributed by atoms with E-state index >= 15 is 0 Å². The van der Waals surface area contributed by atoms with Gasteiger partial charge < -0.3 is 0 Å². The molecular weight excluding hydrogens is 1290 g/mol. The van der Waals surface area contributed by atoms with Gasteiger partial charge in [-0.15, -0.1) is 0 Å². The molecule has 16 rings (SSSR count). The van der Waals surface area contributed by atoms with Crippen LogP contribution in [0.4, 0.5) is 0 Å². The molecule has 0 amide bonds. The Balaban J connectivity index is 0.000000136. The van der Waals surface area contributed by atoms with Gasteiger partial charge in [0.25, 0.3) is 0 Å². The Hall–Kier alpha value is -10.4. The van der Waals surface area contributed by atoms with E-state index in [1.54, 1.807) is 19.1 Å². The Kier molecular flexibility index (Phi) is 20.7. The number of nitrogens with zero attached hydrogens (tertiary/aromatic N) is 4. The van der Waals surface area contributed by atoms with E-state index in [1.807, 2.05) is 110 Å². The highest BCUT2D eigenvalue weighted by atomic mass is 14.9. The van der Waals surface area contributed by atoms with Crippen LogP contribution >= 0.6 is 0 Å². The van der Waals surface area contributed by atoms with Crippen LogP contribution in [0.3, 0.4) is 0 Å². The highest BCUT2D eigenvalue weighted by molar-refractivity contribution is 5.87. The molecule has 0 atom stereocenters. The van der Waals surface area contributed by atoms with Crippen LogP contribution < -0.4 is 18.3 Å². The third kappa shape index (κ3) is 17.8. The van der Waals surface area contributed by atoms with Crippen molar-refractivity contribution in [1.29, 1.82) is 0 Å². The first-order valence-electron chi connectivity index (χ1n) is 43.8. The second-order valence-corrected chi connectivity index (χ2v) is 29.8. The zero-order valence-electron chi connectivity index (χ0n) is 74.3. The maximum Gasteiger partial charge on any atom is 0.213 e. The minimum Gasteiger partial charge on any atom is -0.200 e. The number of rotatable bonds is 13. The summed E-state index contributed by atoms with van der Waals surface area (Å²) in [5.74, 6) is -0.789. The quantitative estimate of drug-likeness (QED) is 0.102. The molecule has 3 aliphatic rings. The lowest BCUT2D eigenvalue weighted by Crippen LogP contribution is -2.31. The highest BCUT2D eigenvalue weighted by Gasteiger charge is 2.28. The Bertz CT molecular complexity index is 5590. The first-order valence-corrected chi connectivity index (χ1v) is 38.8. The Morgan fingerprint density at radius 3 is 0.991 bits per heavy atom. The minimum atomic E-state index is -2.47. The van der Waals surface area contributed by atoms with E-state index < -0.39 is 31.9 Å². The molecule has 0 spiro atoms. The molecule has 3 fully saturated rings. The van der Waals surface area contributed by atoms with Crippen molar-refractivity contribution in [3.8, 4) is 101 Å². The van der Waals surface area contributed by atoms with Gasteiger partial charge in [-0.05, 0) is 206 Å².